The molecule has 0 fully saturated rings. The average molecular weight is 379 g/mol. The highest BCUT2D eigenvalue weighted by Crippen LogP contribution is 2.34. The predicted molar refractivity (Wildman–Crippen MR) is 78.7 cm³/mol. The van der Waals surface area contributed by atoms with Crippen molar-refractivity contribution < 1.29 is 4.42 Å². The highest BCUT2D eigenvalue weighted by atomic mass is 79.9. The molecule has 1 unspecified atom stereocenters. The maximum Gasteiger partial charge on any atom is 0.169 e. The van der Waals surface area contributed by atoms with Crippen LogP contribution in [0, 0.1) is 6.92 Å². The normalized spacial score (nSPS) is 12.9. The zero-order chi connectivity index (χ0) is 12.4. The summed E-state index contributed by atoms with van der Waals surface area (Å²) in [5, 5.41) is 3.44. The molecule has 2 rings (SSSR count). The van der Waals surface area contributed by atoms with E-state index < -0.39 is 0 Å². The van der Waals surface area contributed by atoms with Crippen LogP contribution in [-0.4, -0.2) is 6.54 Å². The van der Waals surface area contributed by atoms with Gasteiger partial charge in [0.25, 0.3) is 0 Å². The molecule has 0 radical (unpaired) electrons. The van der Waals surface area contributed by atoms with Crippen LogP contribution in [0.15, 0.2) is 31.8 Å². The predicted octanol–water partition coefficient (Wildman–Crippen LogP) is 4.87. The van der Waals surface area contributed by atoms with E-state index in [0.717, 1.165) is 21.4 Å². The van der Waals surface area contributed by atoms with E-state index >= 15 is 0 Å². The smallest absolute Gasteiger partial charge is 0.169 e. The number of thiophene rings is 1. The van der Waals surface area contributed by atoms with Gasteiger partial charge in [-0.2, -0.15) is 0 Å². The third-order valence-corrected chi connectivity index (χ3v) is 5.08. The summed E-state index contributed by atoms with van der Waals surface area (Å²) in [4.78, 5) is 2.55. The van der Waals surface area contributed by atoms with E-state index in [2.05, 4.69) is 57.1 Å². The van der Waals surface area contributed by atoms with Gasteiger partial charge in [0, 0.05) is 14.2 Å². The van der Waals surface area contributed by atoms with E-state index in [1.807, 2.05) is 12.1 Å². The Kier molecular flexibility index (Phi) is 4.47. The Hall–Kier alpha value is -0.100. The van der Waals surface area contributed by atoms with E-state index in [-0.39, 0.29) is 6.04 Å². The van der Waals surface area contributed by atoms with Gasteiger partial charge in [-0.1, -0.05) is 6.92 Å². The fraction of sp³-hybridized carbons (Fsp3) is 0.333. The van der Waals surface area contributed by atoms with Gasteiger partial charge in [-0.15, -0.1) is 11.3 Å². The standard InChI is InChI=1S/C12H13Br2NOS/c1-3-15-12(9-4-5-11(14)16-9)10-6-8(13)7(2)17-10/h4-6,12,15H,3H2,1-2H3. The molecule has 0 bridgehead atoms. The molecule has 0 amide bonds. The van der Waals surface area contributed by atoms with Gasteiger partial charge in [-0.05, 0) is 63.5 Å². The summed E-state index contributed by atoms with van der Waals surface area (Å²) in [5.41, 5.74) is 0. The first-order valence-electron chi connectivity index (χ1n) is 5.36. The average Bonchev–Trinajstić information content (AvgIpc) is 2.83. The molecule has 0 aliphatic rings. The van der Waals surface area contributed by atoms with Crippen molar-refractivity contribution in [1.82, 2.24) is 5.32 Å². The second kappa shape index (κ2) is 5.69. The van der Waals surface area contributed by atoms with Gasteiger partial charge in [0.15, 0.2) is 4.67 Å². The molecule has 5 heteroatoms. The molecule has 1 atom stereocenters. The fourth-order valence-electron chi connectivity index (χ4n) is 1.65. The minimum Gasteiger partial charge on any atom is -0.452 e. The van der Waals surface area contributed by atoms with Crippen molar-refractivity contribution >= 4 is 43.2 Å². The summed E-state index contributed by atoms with van der Waals surface area (Å²) >= 11 is 8.68. The maximum atomic E-state index is 5.65. The summed E-state index contributed by atoms with van der Waals surface area (Å²) in [5.74, 6) is 0.937. The molecule has 2 heterocycles. The van der Waals surface area contributed by atoms with Crippen LogP contribution in [0.25, 0.3) is 0 Å². The summed E-state index contributed by atoms with van der Waals surface area (Å²) in [6.45, 7) is 5.11. The van der Waals surface area contributed by atoms with Crippen LogP contribution in [-0.2, 0) is 0 Å². The van der Waals surface area contributed by atoms with E-state index in [1.165, 1.54) is 9.75 Å². The first-order valence-corrected chi connectivity index (χ1v) is 7.76. The molecule has 0 saturated carbocycles. The molecule has 1 N–H and O–H groups in total. The van der Waals surface area contributed by atoms with Crippen LogP contribution >= 0.6 is 43.2 Å². The number of halogens is 2. The number of nitrogens with one attached hydrogen (secondary N) is 1. The van der Waals surface area contributed by atoms with Gasteiger partial charge in [0.1, 0.15) is 11.8 Å². The second-order valence-electron chi connectivity index (χ2n) is 3.69. The van der Waals surface area contributed by atoms with Crippen molar-refractivity contribution in [2.24, 2.45) is 0 Å². The lowest BCUT2D eigenvalue weighted by Gasteiger charge is -2.13. The highest BCUT2D eigenvalue weighted by molar-refractivity contribution is 9.10. The number of furan rings is 1. The maximum absolute atomic E-state index is 5.65. The SMILES string of the molecule is CCNC(c1ccc(Br)o1)c1cc(Br)c(C)s1. The van der Waals surface area contributed by atoms with Gasteiger partial charge < -0.3 is 9.73 Å². The molecular formula is C12H13Br2NOS. The highest BCUT2D eigenvalue weighted by Gasteiger charge is 2.19. The monoisotopic (exact) mass is 377 g/mol. The lowest BCUT2D eigenvalue weighted by molar-refractivity contribution is 0.440. The van der Waals surface area contributed by atoms with Crippen molar-refractivity contribution in [1.29, 1.82) is 0 Å². The Bertz CT molecular complexity index is 487. The zero-order valence-corrected chi connectivity index (χ0v) is 13.6. The van der Waals surface area contributed by atoms with Crippen molar-refractivity contribution in [2.45, 2.75) is 19.9 Å². The van der Waals surface area contributed by atoms with Crippen LogP contribution in [0.2, 0.25) is 0 Å². The van der Waals surface area contributed by atoms with Crippen LogP contribution in [0.5, 0.6) is 0 Å². The minimum absolute atomic E-state index is 0.126. The van der Waals surface area contributed by atoms with E-state index in [9.17, 15) is 0 Å². The van der Waals surface area contributed by atoms with Gasteiger partial charge in [-0.25, -0.2) is 0 Å². The van der Waals surface area contributed by atoms with Crippen molar-refractivity contribution in [2.75, 3.05) is 6.54 Å². The molecule has 0 aromatic carbocycles. The van der Waals surface area contributed by atoms with Crippen LogP contribution in [0.3, 0.4) is 0 Å². The lowest BCUT2D eigenvalue weighted by Crippen LogP contribution is -2.20. The van der Waals surface area contributed by atoms with Crippen molar-refractivity contribution in [3.05, 3.63) is 42.9 Å². The third-order valence-electron chi connectivity index (χ3n) is 2.45. The van der Waals surface area contributed by atoms with Crippen molar-refractivity contribution in [3.63, 3.8) is 0 Å². The Labute approximate surface area is 122 Å². The summed E-state index contributed by atoms with van der Waals surface area (Å²) in [6, 6.07) is 6.21. The molecule has 2 nitrogen and oxygen atoms in total. The number of aryl methyl sites for hydroxylation is 1. The van der Waals surface area contributed by atoms with Gasteiger partial charge in [-0.3, -0.25) is 0 Å². The van der Waals surface area contributed by atoms with Crippen LogP contribution in [0.4, 0.5) is 0 Å². The van der Waals surface area contributed by atoms with E-state index in [1.54, 1.807) is 11.3 Å². The largest absolute Gasteiger partial charge is 0.452 e. The van der Waals surface area contributed by atoms with Gasteiger partial charge in [0.2, 0.25) is 0 Å². The van der Waals surface area contributed by atoms with E-state index in [0.29, 0.717) is 0 Å². The molecule has 17 heavy (non-hydrogen) atoms. The molecule has 92 valence electrons. The summed E-state index contributed by atoms with van der Waals surface area (Å²) in [7, 11) is 0. The first-order chi connectivity index (χ1) is 8.11. The molecular weight excluding hydrogens is 366 g/mol. The lowest BCUT2D eigenvalue weighted by atomic mass is 10.2. The van der Waals surface area contributed by atoms with Gasteiger partial charge in [0.05, 0.1) is 0 Å². The third kappa shape index (κ3) is 3.02. The first kappa shape index (κ1) is 13.3. The zero-order valence-electron chi connectivity index (χ0n) is 9.59. The Morgan fingerprint density at radius 1 is 1.41 bits per heavy atom. The van der Waals surface area contributed by atoms with Crippen LogP contribution < -0.4 is 5.32 Å². The summed E-state index contributed by atoms with van der Waals surface area (Å²) in [6.07, 6.45) is 0. The minimum atomic E-state index is 0.126. The topological polar surface area (TPSA) is 25.2 Å². The van der Waals surface area contributed by atoms with E-state index in [4.69, 9.17) is 4.42 Å². The Morgan fingerprint density at radius 2 is 2.18 bits per heavy atom. The van der Waals surface area contributed by atoms with Crippen molar-refractivity contribution in [3.8, 4) is 0 Å². The number of rotatable bonds is 4. The molecule has 2 aromatic rings. The van der Waals surface area contributed by atoms with Crippen LogP contribution in [0.1, 0.15) is 28.5 Å². The Balaban J connectivity index is 2.34. The molecule has 2 aromatic heterocycles. The number of hydrogen-bond donors (Lipinski definition) is 1. The number of hydrogen-bond acceptors (Lipinski definition) is 3. The molecule has 0 aliphatic heterocycles. The quantitative estimate of drug-likeness (QED) is 0.820. The van der Waals surface area contributed by atoms with Gasteiger partial charge >= 0.3 is 0 Å². The molecule has 0 saturated heterocycles. The molecule has 0 aliphatic carbocycles. The Morgan fingerprint density at radius 3 is 2.65 bits per heavy atom. The fourth-order valence-corrected chi connectivity index (χ4v) is 3.62. The second-order valence-corrected chi connectivity index (χ2v) is 6.61. The summed E-state index contributed by atoms with van der Waals surface area (Å²) < 4.78 is 7.57. The molecule has 0 spiro atoms.